The molecule has 3 aromatic carbocycles. The Hall–Kier alpha value is -1.95. The van der Waals surface area contributed by atoms with Gasteiger partial charge < -0.3 is 0 Å². The van der Waals surface area contributed by atoms with E-state index in [1.807, 2.05) is 0 Å². The van der Waals surface area contributed by atoms with Crippen LogP contribution in [0.1, 0.15) is 0 Å². The Morgan fingerprint density at radius 2 is 0.810 bits per heavy atom. The summed E-state index contributed by atoms with van der Waals surface area (Å²) in [4.78, 5) is 0. The van der Waals surface area contributed by atoms with Crippen molar-refractivity contribution < 1.29 is 0 Å². The van der Waals surface area contributed by atoms with Crippen LogP contribution in [0.15, 0.2) is 91.0 Å². The normalized spacial score (nSPS) is 12.0. The Morgan fingerprint density at radius 1 is 0.524 bits per heavy atom. The van der Waals surface area contributed by atoms with E-state index in [0.717, 1.165) is 0 Å². The van der Waals surface area contributed by atoms with Crippen LogP contribution in [0, 0.1) is 0 Å². The van der Waals surface area contributed by atoms with E-state index >= 15 is 0 Å². The third-order valence-corrected chi connectivity index (χ3v) is 8.34. The second-order valence-electron chi connectivity index (χ2n) is 5.10. The number of hydrogen-bond donors (Lipinski definition) is 1. The average molecular weight is 293 g/mol. The average Bonchev–Trinajstić information content (AvgIpc) is 2.59. The molecule has 2 heteroatoms. The van der Waals surface area contributed by atoms with Crippen LogP contribution in [0.5, 0.6) is 0 Å². The van der Waals surface area contributed by atoms with Crippen LogP contribution in [0.4, 0.5) is 0 Å². The third-order valence-electron chi connectivity index (χ3n) is 4.00. The van der Waals surface area contributed by atoms with Crippen LogP contribution >= 0.6 is 7.41 Å². The molecule has 0 aliphatic rings. The second kappa shape index (κ2) is 6.22. The molecule has 0 amide bonds. The van der Waals surface area contributed by atoms with Gasteiger partial charge in [-0.15, -0.1) is 0 Å². The van der Waals surface area contributed by atoms with Crippen molar-refractivity contribution in [3.05, 3.63) is 91.0 Å². The minimum atomic E-state index is -2.15. The molecule has 0 unspecified atom stereocenters. The molecular weight excluding hydrogens is 273 g/mol. The molecular formula is C19H20NP. The predicted molar refractivity (Wildman–Crippen MR) is 95.6 cm³/mol. The molecule has 0 radical (unpaired) electrons. The second-order valence-corrected chi connectivity index (χ2v) is 8.83. The first-order valence-corrected chi connectivity index (χ1v) is 9.23. The first-order chi connectivity index (χ1) is 10.4. The standard InChI is InChI=1S/C19H20NP/c1-20-21(17-11-5-2-6-12-17,18-13-7-3-8-14-18)19-15-9-4-10-16-19/h2-16,20-21H,1H3. The topological polar surface area (TPSA) is 12.0 Å². The molecule has 21 heavy (non-hydrogen) atoms. The van der Waals surface area contributed by atoms with Crippen molar-refractivity contribution >= 4 is 23.3 Å². The van der Waals surface area contributed by atoms with Crippen molar-refractivity contribution in [2.24, 2.45) is 0 Å². The van der Waals surface area contributed by atoms with Gasteiger partial charge in [-0.05, 0) is 0 Å². The van der Waals surface area contributed by atoms with Gasteiger partial charge in [-0.1, -0.05) is 0 Å². The summed E-state index contributed by atoms with van der Waals surface area (Å²) < 4.78 is 0. The van der Waals surface area contributed by atoms with Crippen molar-refractivity contribution in [2.45, 2.75) is 0 Å². The molecule has 3 rings (SSSR count). The van der Waals surface area contributed by atoms with Crippen LogP contribution in [0.3, 0.4) is 0 Å². The maximum absolute atomic E-state index is 3.70. The van der Waals surface area contributed by atoms with Crippen molar-refractivity contribution in [3.8, 4) is 0 Å². The Morgan fingerprint density at radius 3 is 1.05 bits per heavy atom. The molecule has 0 fully saturated rings. The van der Waals surface area contributed by atoms with E-state index in [1.165, 1.54) is 15.9 Å². The molecule has 0 aliphatic carbocycles. The molecule has 106 valence electrons. The van der Waals surface area contributed by atoms with Crippen molar-refractivity contribution in [1.82, 2.24) is 5.09 Å². The van der Waals surface area contributed by atoms with Gasteiger partial charge in [-0.3, -0.25) is 0 Å². The number of benzene rings is 3. The quantitative estimate of drug-likeness (QED) is 0.729. The van der Waals surface area contributed by atoms with Crippen molar-refractivity contribution in [3.63, 3.8) is 0 Å². The minimum absolute atomic E-state index is 1.38. The van der Waals surface area contributed by atoms with Crippen LogP contribution < -0.4 is 21.0 Å². The van der Waals surface area contributed by atoms with Gasteiger partial charge >= 0.3 is 126 Å². The molecule has 1 N–H and O–H groups in total. The molecule has 0 saturated heterocycles. The van der Waals surface area contributed by atoms with Crippen LogP contribution in [0.25, 0.3) is 0 Å². The van der Waals surface area contributed by atoms with E-state index in [9.17, 15) is 0 Å². The molecule has 0 atom stereocenters. The summed E-state index contributed by atoms with van der Waals surface area (Å²) >= 11 is 0. The van der Waals surface area contributed by atoms with Crippen molar-refractivity contribution in [1.29, 1.82) is 0 Å². The molecule has 0 aromatic heterocycles. The van der Waals surface area contributed by atoms with Crippen LogP contribution in [-0.2, 0) is 0 Å². The summed E-state index contributed by atoms with van der Waals surface area (Å²) in [6.07, 6.45) is 0. The summed E-state index contributed by atoms with van der Waals surface area (Å²) in [5.74, 6) is 0. The molecule has 0 heterocycles. The summed E-state index contributed by atoms with van der Waals surface area (Å²) in [5.41, 5.74) is 0. The fourth-order valence-electron chi connectivity index (χ4n) is 3.00. The first-order valence-electron chi connectivity index (χ1n) is 7.23. The summed E-state index contributed by atoms with van der Waals surface area (Å²) in [6, 6.07) is 32.4. The van der Waals surface area contributed by atoms with E-state index in [0.29, 0.717) is 0 Å². The fraction of sp³-hybridized carbons (Fsp3) is 0.0526. The van der Waals surface area contributed by atoms with Gasteiger partial charge in [-0.2, -0.15) is 0 Å². The fourth-order valence-corrected chi connectivity index (χ4v) is 6.94. The first kappa shape index (κ1) is 14.0. The number of hydrogen-bond acceptors (Lipinski definition) is 1. The van der Waals surface area contributed by atoms with Crippen molar-refractivity contribution in [2.75, 3.05) is 7.05 Å². The Labute approximate surface area is 127 Å². The number of rotatable bonds is 4. The predicted octanol–water partition coefficient (Wildman–Crippen LogP) is 2.85. The molecule has 3 aromatic rings. The summed E-state index contributed by atoms with van der Waals surface area (Å²) in [5, 5.41) is 7.84. The van der Waals surface area contributed by atoms with Gasteiger partial charge in [0.05, 0.1) is 0 Å². The zero-order valence-corrected chi connectivity index (χ0v) is 13.2. The Balaban J connectivity index is 2.29. The molecule has 0 spiro atoms. The zero-order valence-electron chi connectivity index (χ0n) is 12.2. The zero-order chi connectivity index (χ0) is 14.5. The molecule has 0 aliphatic heterocycles. The summed E-state index contributed by atoms with van der Waals surface area (Å²) in [6.45, 7) is 0. The SMILES string of the molecule is CN[PH](c1ccccc1)(c1ccccc1)c1ccccc1. The molecule has 0 bridgehead atoms. The molecule has 0 saturated carbocycles. The van der Waals surface area contributed by atoms with E-state index < -0.39 is 7.41 Å². The van der Waals surface area contributed by atoms with Gasteiger partial charge in [0.2, 0.25) is 0 Å². The third kappa shape index (κ3) is 2.51. The monoisotopic (exact) mass is 293 g/mol. The van der Waals surface area contributed by atoms with E-state index in [-0.39, 0.29) is 0 Å². The van der Waals surface area contributed by atoms with Crippen LogP contribution in [0.2, 0.25) is 0 Å². The molecule has 1 nitrogen and oxygen atoms in total. The van der Waals surface area contributed by atoms with Gasteiger partial charge in [0.25, 0.3) is 0 Å². The van der Waals surface area contributed by atoms with Gasteiger partial charge in [0.15, 0.2) is 0 Å². The van der Waals surface area contributed by atoms with E-state index in [1.54, 1.807) is 0 Å². The van der Waals surface area contributed by atoms with E-state index in [4.69, 9.17) is 0 Å². The number of nitrogens with one attached hydrogen (secondary N) is 1. The maximum atomic E-state index is 3.70. The van der Waals surface area contributed by atoms with E-state index in [2.05, 4.69) is 103 Å². The van der Waals surface area contributed by atoms with Gasteiger partial charge in [0.1, 0.15) is 0 Å². The van der Waals surface area contributed by atoms with Gasteiger partial charge in [-0.25, -0.2) is 0 Å². The van der Waals surface area contributed by atoms with Gasteiger partial charge in [0, 0.05) is 0 Å². The Bertz CT molecular complexity index is 584. The Kier molecular flexibility index (Phi) is 4.15. The summed E-state index contributed by atoms with van der Waals surface area (Å²) in [7, 11) is -0.0652. The van der Waals surface area contributed by atoms with Crippen LogP contribution in [-0.4, -0.2) is 7.05 Å².